The maximum atomic E-state index is 12.8. The van der Waals surface area contributed by atoms with E-state index in [1.165, 1.54) is 6.08 Å². The first kappa shape index (κ1) is 23.1. The van der Waals surface area contributed by atoms with Gasteiger partial charge in [-0.15, -0.1) is 0 Å². The molecule has 34 heavy (non-hydrogen) atoms. The van der Waals surface area contributed by atoms with Gasteiger partial charge in [-0.2, -0.15) is 0 Å². The van der Waals surface area contributed by atoms with E-state index in [9.17, 15) is 9.59 Å². The summed E-state index contributed by atoms with van der Waals surface area (Å²) in [7, 11) is 3.25. The maximum absolute atomic E-state index is 12.8. The zero-order chi connectivity index (χ0) is 23.9. The van der Waals surface area contributed by atoms with E-state index in [1.54, 1.807) is 25.2 Å². The molecule has 0 saturated carbocycles. The van der Waals surface area contributed by atoms with Crippen LogP contribution < -0.4 is 19.7 Å². The lowest BCUT2D eigenvalue weighted by Gasteiger charge is -2.20. The van der Waals surface area contributed by atoms with E-state index in [1.807, 2.05) is 72.8 Å². The number of ether oxygens (including phenoxy) is 2. The van der Waals surface area contributed by atoms with E-state index in [2.05, 4.69) is 5.32 Å². The van der Waals surface area contributed by atoms with Crippen molar-refractivity contribution < 1.29 is 19.1 Å². The fraction of sp³-hybridized carbons (Fsp3) is 0.214. The topological polar surface area (TPSA) is 67.9 Å². The van der Waals surface area contributed by atoms with Crippen molar-refractivity contribution in [1.29, 1.82) is 0 Å². The minimum absolute atomic E-state index is 0.158. The van der Waals surface area contributed by atoms with Gasteiger partial charge in [0.2, 0.25) is 11.8 Å². The lowest BCUT2D eigenvalue weighted by atomic mass is 9.98. The quantitative estimate of drug-likeness (QED) is 0.497. The molecule has 1 saturated heterocycles. The summed E-state index contributed by atoms with van der Waals surface area (Å²) in [5.41, 5.74) is 3.65. The summed E-state index contributed by atoms with van der Waals surface area (Å²) < 4.78 is 10.5. The Morgan fingerprint density at radius 3 is 1.91 bits per heavy atom. The third-order valence-corrected chi connectivity index (χ3v) is 5.89. The van der Waals surface area contributed by atoms with Crippen molar-refractivity contribution in [2.24, 2.45) is 0 Å². The van der Waals surface area contributed by atoms with Crippen LogP contribution in [0.4, 0.5) is 5.69 Å². The molecule has 0 atom stereocenters. The van der Waals surface area contributed by atoms with E-state index < -0.39 is 0 Å². The third-order valence-electron chi connectivity index (χ3n) is 5.89. The number of benzene rings is 3. The van der Waals surface area contributed by atoms with E-state index in [0.29, 0.717) is 6.42 Å². The minimum Gasteiger partial charge on any atom is -0.497 e. The fourth-order valence-electron chi connectivity index (χ4n) is 4.00. The van der Waals surface area contributed by atoms with E-state index >= 15 is 0 Å². The highest BCUT2D eigenvalue weighted by molar-refractivity contribution is 5.95. The number of methoxy groups -OCH3 is 2. The number of carbonyl (C=O) groups excluding carboxylic acids is 2. The predicted molar refractivity (Wildman–Crippen MR) is 133 cm³/mol. The molecule has 0 spiro atoms. The van der Waals surface area contributed by atoms with Crippen molar-refractivity contribution in [1.82, 2.24) is 5.32 Å². The average Bonchev–Trinajstić information content (AvgIpc) is 3.32. The lowest BCUT2D eigenvalue weighted by Crippen LogP contribution is -2.27. The van der Waals surface area contributed by atoms with Crippen LogP contribution in [0.2, 0.25) is 0 Å². The molecule has 1 fully saturated rings. The Labute approximate surface area is 199 Å². The Morgan fingerprint density at radius 1 is 0.882 bits per heavy atom. The lowest BCUT2D eigenvalue weighted by molar-refractivity contribution is -0.117. The van der Waals surface area contributed by atoms with Crippen molar-refractivity contribution in [2.45, 2.75) is 18.9 Å². The van der Waals surface area contributed by atoms with Gasteiger partial charge in [-0.3, -0.25) is 9.59 Å². The van der Waals surface area contributed by atoms with Crippen molar-refractivity contribution >= 4 is 23.6 Å². The summed E-state index contributed by atoms with van der Waals surface area (Å²) in [4.78, 5) is 26.6. The van der Waals surface area contributed by atoms with Gasteiger partial charge in [0.15, 0.2) is 0 Å². The van der Waals surface area contributed by atoms with Gasteiger partial charge in [-0.25, -0.2) is 0 Å². The molecular weight excluding hydrogens is 428 g/mol. The number of amides is 2. The monoisotopic (exact) mass is 456 g/mol. The summed E-state index contributed by atoms with van der Waals surface area (Å²) in [6.07, 6.45) is 4.79. The van der Waals surface area contributed by atoms with Crippen LogP contribution in [0, 0.1) is 0 Å². The van der Waals surface area contributed by atoms with Crippen LogP contribution in [0.1, 0.15) is 35.6 Å². The van der Waals surface area contributed by atoms with E-state index in [0.717, 1.165) is 46.8 Å². The van der Waals surface area contributed by atoms with Crippen LogP contribution in [-0.2, 0) is 9.59 Å². The summed E-state index contributed by atoms with van der Waals surface area (Å²) in [6.45, 7) is 0.758. The second-order valence-electron chi connectivity index (χ2n) is 8.06. The van der Waals surface area contributed by atoms with Crippen molar-refractivity contribution in [3.8, 4) is 11.5 Å². The Morgan fingerprint density at radius 2 is 1.44 bits per heavy atom. The van der Waals surface area contributed by atoms with Crippen LogP contribution in [0.25, 0.3) is 6.08 Å². The molecule has 6 heteroatoms. The van der Waals surface area contributed by atoms with Crippen LogP contribution in [0.3, 0.4) is 0 Å². The molecule has 1 N–H and O–H groups in total. The van der Waals surface area contributed by atoms with Gasteiger partial charge in [0.25, 0.3) is 0 Å². The molecule has 3 aromatic rings. The predicted octanol–water partition coefficient (Wildman–Crippen LogP) is 4.75. The normalized spacial score (nSPS) is 13.5. The van der Waals surface area contributed by atoms with E-state index in [4.69, 9.17) is 9.47 Å². The first-order valence-electron chi connectivity index (χ1n) is 11.2. The van der Waals surface area contributed by atoms with Gasteiger partial charge in [0, 0.05) is 24.7 Å². The second-order valence-corrected chi connectivity index (χ2v) is 8.06. The highest BCUT2D eigenvalue weighted by atomic mass is 16.5. The van der Waals surface area contributed by atoms with Gasteiger partial charge < -0.3 is 19.7 Å². The van der Waals surface area contributed by atoms with Crippen molar-refractivity contribution in [3.05, 3.63) is 95.6 Å². The number of rotatable bonds is 8. The van der Waals surface area contributed by atoms with Crippen molar-refractivity contribution in [3.63, 3.8) is 0 Å². The molecule has 2 amide bonds. The molecule has 3 aromatic carbocycles. The number of nitrogens with one attached hydrogen (secondary N) is 1. The van der Waals surface area contributed by atoms with E-state index in [-0.39, 0.29) is 17.9 Å². The summed E-state index contributed by atoms with van der Waals surface area (Å²) in [5.74, 6) is 1.45. The number of hydrogen-bond acceptors (Lipinski definition) is 4. The van der Waals surface area contributed by atoms with Crippen LogP contribution in [-0.4, -0.2) is 32.6 Å². The van der Waals surface area contributed by atoms with Gasteiger partial charge in [-0.1, -0.05) is 36.4 Å². The molecule has 1 heterocycles. The summed E-state index contributed by atoms with van der Waals surface area (Å²) >= 11 is 0. The van der Waals surface area contributed by atoms with Gasteiger partial charge >= 0.3 is 0 Å². The van der Waals surface area contributed by atoms with Gasteiger partial charge in [-0.05, 0) is 65.6 Å². The first-order chi connectivity index (χ1) is 16.6. The SMILES string of the molecule is COc1ccc(C(NC(=O)/C=C/c2ccc(N3CCCC3=O)cc2)c2ccc(OC)cc2)cc1. The number of carbonyl (C=O) groups is 2. The third kappa shape index (κ3) is 5.46. The molecule has 1 aliphatic heterocycles. The molecule has 0 radical (unpaired) electrons. The second kappa shape index (κ2) is 10.7. The van der Waals surface area contributed by atoms with Crippen LogP contribution in [0.5, 0.6) is 11.5 Å². The Bertz CT molecular complexity index is 1110. The molecular formula is C28H28N2O4. The molecule has 0 aliphatic carbocycles. The number of nitrogens with zero attached hydrogens (tertiary/aromatic N) is 1. The summed E-state index contributed by atoms with van der Waals surface area (Å²) in [6, 6.07) is 22.6. The van der Waals surface area contributed by atoms with Gasteiger partial charge in [0.1, 0.15) is 11.5 Å². The van der Waals surface area contributed by atoms with Crippen molar-refractivity contribution in [2.75, 3.05) is 25.7 Å². The number of anilines is 1. The Hall–Kier alpha value is -4.06. The highest BCUT2D eigenvalue weighted by Gasteiger charge is 2.21. The van der Waals surface area contributed by atoms with Crippen LogP contribution >= 0.6 is 0 Å². The smallest absolute Gasteiger partial charge is 0.244 e. The minimum atomic E-state index is -0.336. The summed E-state index contributed by atoms with van der Waals surface area (Å²) in [5, 5.41) is 3.10. The maximum Gasteiger partial charge on any atom is 0.244 e. The number of hydrogen-bond donors (Lipinski definition) is 1. The fourth-order valence-corrected chi connectivity index (χ4v) is 4.00. The highest BCUT2D eigenvalue weighted by Crippen LogP contribution is 2.26. The first-order valence-corrected chi connectivity index (χ1v) is 11.2. The zero-order valence-corrected chi connectivity index (χ0v) is 19.4. The molecule has 4 rings (SSSR count). The molecule has 6 nitrogen and oxygen atoms in total. The molecule has 1 aliphatic rings. The molecule has 174 valence electrons. The largest absolute Gasteiger partial charge is 0.497 e. The Kier molecular flexibility index (Phi) is 7.28. The molecule has 0 unspecified atom stereocenters. The Balaban J connectivity index is 1.49. The zero-order valence-electron chi connectivity index (χ0n) is 19.4. The standard InChI is InChI=1S/C28H28N2O4/c1-33-24-14-8-21(9-15-24)28(22-10-16-25(34-2)17-11-22)29-26(31)18-7-20-5-12-23(13-6-20)30-19-3-4-27(30)32/h5-18,28H,3-4,19H2,1-2H3,(H,29,31)/b18-7+. The molecule has 0 aromatic heterocycles. The average molecular weight is 457 g/mol. The van der Waals surface area contributed by atoms with Crippen LogP contribution in [0.15, 0.2) is 78.9 Å². The molecule has 0 bridgehead atoms. The van der Waals surface area contributed by atoms with Gasteiger partial charge in [0.05, 0.1) is 20.3 Å².